The number of nitrogens with two attached hydrogens (primary N) is 1. The van der Waals surface area contributed by atoms with Crippen LogP contribution in [0.4, 0.5) is 10.3 Å². The number of para-hydroxylation sites is 1. The minimum Gasteiger partial charge on any atom is -0.369 e. The highest BCUT2D eigenvalue weighted by atomic mass is 35.5. The summed E-state index contributed by atoms with van der Waals surface area (Å²) in [5.74, 6) is 0.203. The van der Waals surface area contributed by atoms with Crippen LogP contribution in [0.2, 0.25) is 5.02 Å². The van der Waals surface area contributed by atoms with E-state index < -0.39 is 0 Å². The van der Waals surface area contributed by atoms with E-state index in [1.807, 2.05) is 29.7 Å². The van der Waals surface area contributed by atoms with Crippen molar-refractivity contribution in [2.24, 2.45) is 0 Å². The Kier molecular flexibility index (Phi) is 3.55. The van der Waals surface area contributed by atoms with Crippen molar-refractivity contribution in [2.45, 2.75) is 19.4 Å². The number of imidazole rings is 1. The first-order valence-electron chi connectivity index (χ1n) is 6.72. The monoisotopic (exact) mass is 303 g/mol. The summed E-state index contributed by atoms with van der Waals surface area (Å²) in [5, 5.41) is 0.627. The predicted molar refractivity (Wildman–Crippen MR) is 84.0 cm³/mol. The van der Waals surface area contributed by atoms with E-state index in [1.165, 1.54) is 12.1 Å². The van der Waals surface area contributed by atoms with Crippen molar-refractivity contribution in [1.82, 2.24) is 9.55 Å². The molecule has 1 atom stereocenters. The van der Waals surface area contributed by atoms with Crippen molar-refractivity contribution in [2.75, 3.05) is 5.73 Å². The smallest absolute Gasteiger partial charge is 0.201 e. The van der Waals surface area contributed by atoms with Crippen LogP contribution in [0, 0.1) is 5.82 Å². The van der Waals surface area contributed by atoms with Gasteiger partial charge in [0.25, 0.3) is 0 Å². The van der Waals surface area contributed by atoms with E-state index in [2.05, 4.69) is 4.98 Å². The second-order valence-electron chi connectivity index (χ2n) is 5.13. The number of halogens is 2. The fraction of sp³-hybridized carbons (Fsp3) is 0.188. The zero-order valence-corrected chi connectivity index (χ0v) is 12.3. The van der Waals surface area contributed by atoms with Crippen LogP contribution >= 0.6 is 11.6 Å². The Hall–Kier alpha value is -2.07. The molecule has 3 rings (SSSR count). The van der Waals surface area contributed by atoms with Crippen molar-refractivity contribution in [3.63, 3.8) is 0 Å². The maximum atomic E-state index is 13.0. The molecule has 0 bridgehead atoms. The lowest BCUT2D eigenvalue weighted by Gasteiger charge is -2.16. The molecular formula is C16H15ClFN3. The lowest BCUT2D eigenvalue weighted by molar-refractivity contribution is 0.565. The Bertz CT molecular complexity index is 780. The molecule has 3 nitrogen and oxygen atoms in total. The molecule has 0 amide bonds. The normalized spacial score (nSPS) is 12.7. The zero-order valence-electron chi connectivity index (χ0n) is 11.6. The fourth-order valence-corrected chi connectivity index (χ4v) is 2.88. The lowest BCUT2D eigenvalue weighted by atomic mass is 10.1. The molecule has 2 N–H and O–H groups in total. The molecule has 0 saturated heterocycles. The number of rotatable bonds is 3. The van der Waals surface area contributed by atoms with E-state index in [0.717, 1.165) is 23.0 Å². The van der Waals surface area contributed by atoms with Crippen LogP contribution in [0.1, 0.15) is 18.5 Å². The largest absolute Gasteiger partial charge is 0.369 e. The van der Waals surface area contributed by atoms with E-state index in [1.54, 1.807) is 12.1 Å². The molecule has 0 aliphatic rings. The topological polar surface area (TPSA) is 43.8 Å². The van der Waals surface area contributed by atoms with E-state index >= 15 is 0 Å². The van der Waals surface area contributed by atoms with Gasteiger partial charge in [0, 0.05) is 6.04 Å². The van der Waals surface area contributed by atoms with Gasteiger partial charge in [0.2, 0.25) is 5.95 Å². The number of nitrogens with zero attached hydrogens (tertiary/aromatic N) is 2. The summed E-state index contributed by atoms with van der Waals surface area (Å²) in [5.41, 5.74) is 8.70. The van der Waals surface area contributed by atoms with Crippen LogP contribution in [0.3, 0.4) is 0 Å². The molecule has 0 fully saturated rings. The number of anilines is 1. The van der Waals surface area contributed by atoms with Gasteiger partial charge in [0.1, 0.15) is 5.82 Å². The Morgan fingerprint density at radius 2 is 1.95 bits per heavy atom. The number of benzene rings is 2. The Morgan fingerprint density at radius 1 is 1.24 bits per heavy atom. The number of hydrogen-bond donors (Lipinski definition) is 1. The molecule has 2 aromatic carbocycles. The van der Waals surface area contributed by atoms with Gasteiger partial charge >= 0.3 is 0 Å². The maximum absolute atomic E-state index is 13.0. The highest BCUT2D eigenvalue weighted by molar-refractivity contribution is 6.35. The second-order valence-corrected chi connectivity index (χ2v) is 5.53. The van der Waals surface area contributed by atoms with Crippen LogP contribution in [0.25, 0.3) is 11.0 Å². The third-order valence-corrected chi connectivity index (χ3v) is 3.88. The van der Waals surface area contributed by atoms with Crippen LogP contribution in [-0.2, 0) is 6.42 Å². The molecule has 1 unspecified atom stereocenters. The highest BCUT2D eigenvalue weighted by Crippen LogP contribution is 2.30. The molecule has 0 radical (unpaired) electrons. The van der Waals surface area contributed by atoms with Gasteiger partial charge in [0.05, 0.1) is 16.1 Å². The number of hydrogen-bond acceptors (Lipinski definition) is 2. The minimum atomic E-state index is -0.234. The number of fused-ring (bicyclic) bond motifs is 1. The van der Waals surface area contributed by atoms with Gasteiger partial charge < -0.3 is 10.3 Å². The summed E-state index contributed by atoms with van der Waals surface area (Å²) < 4.78 is 14.9. The summed E-state index contributed by atoms with van der Waals surface area (Å²) in [6.07, 6.45) is 0.723. The quantitative estimate of drug-likeness (QED) is 0.787. The molecule has 0 aliphatic heterocycles. The molecule has 0 spiro atoms. The van der Waals surface area contributed by atoms with E-state index in [-0.39, 0.29) is 11.9 Å². The molecule has 5 heteroatoms. The number of nitrogen functional groups attached to an aromatic ring is 1. The van der Waals surface area contributed by atoms with E-state index in [9.17, 15) is 4.39 Å². The van der Waals surface area contributed by atoms with E-state index in [4.69, 9.17) is 17.3 Å². The van der Waals surface area contributed by atoms with Gasteiger partial charge in [-0.3, -0.25) is 0 Å². The fourth-order valence-electron chi connectivity index (χ4n) is 2.62. The number of aromatic nitrogens is 2. The van der Waals surface area contributed by atoms with Gasteiger partial charge in [-0.1, -0.05) is 29.8 Å². The van der Waals surface area contributed by atoms with Gasteiger partial charge in [-0.25, -0.2) is 9.37 Å². The summed E-state index contributed by atoms with van der Waals surface area (Å²) in [6, 6.07) is 12.1. The van der Waals surface area contributed by atoms with Crippen molar-refractivity contribution < 1.29 is 4.39 Å². The standard InChI is InChI=1S/C16H15ClFN3/c1-10(9-11-5-7-12(18)8-6-11)21-15-13(17)3-2-4-14(15)20-16(21)19/h2-8,10H,9H2,1H3,(H2,19,20). The molecule has 1 heterocycles. The average Bonchev–Trinajstić information content (AvgIpc) is 2.79. The van der Waals surface area contributed by atoms with Gasteiger partial charge in [-0.15, -0.1) is 0 Å². The maximum Gasteiger partial charge on any atom is 0.201 e. The SMILES string of the molecule is CC(Cc1ccc(F)cc1)n1c(N)nc2cccc(Cl)c21. The van der Waals surface area contributed by atoms with Crippen LogP contribution in [0.5, 0.6) is 0 Å². The van der Waals surface area contributed by atoms with Gasteiger partial charge in [-0.2, -0.15) is 0 Å². The first-order chi connectivity index (χ1) is 10.1. The molecule has 3 aromatic rings. The third-order valence-electron chi connectivity index (χ3n) is 3.57. The van der Waals surface area contributed by atoms with Crippen LogP contribution < -0.4 is 5.73 Å². The third kappa shape index (κ3) is 2.59. The highest BCUT2D eigenvalue weighted by Gasteiger charge is 2.16. The molecule has 1 aromatic heterocycles. The first-order valence-corrected chi connectivity index (χ1v) is 7.10. The Balaban J connectivity index is 1.99. The predicted octanol–water partition coefficient (Wildman–Crippen LogP) is 4.21. The zero-order chi connectivity index (χ0) is 15.0. The van der Waals surface area contributed by atoms with Crippen molar-refractivity contribution >= 4 is 28.6 Å². The van der Waals surface area contributed by atoms with Crippen LogP contribution in [0.15, 0.2) is 42.5 Å². The Labute approximate surface area is 127 Å². The lowest BCUT2D eigenvalue weighted by Crippen LogP contribution is -2.11. The van der Waals surface area contributed by atoms with Crippen LogP contribution in [-0.4, -0.2) is 9.55 Å². The summed E-state index contributed by atoms with van der Waals surface area (Å²) in [4.78, 5) is 4.35. The molecule has 0 aliphatic carbocycles. The van der Waals surface area contributed by atoms with Crippen molar-refractivity contribution in [3.8, 4) is 0 Å². The van der Waals surface area contributed by atoms with Gasteiger partial charge in [0.15, 0.2) is 0 Å². The van der Waals surface area contributed by atoms with Crippen molar-refractivity contribution in [1.29, 1.82) is 0 Å². The summed E-state index contributed by atoms with van der Waals surface area (Å²) >= 11 is 6.28. The summed E-state index contributed by atoms with van der Waals surface area (Å²) in [6.45, 7) is 2.05. The van der Waals surface area contributed by atoms with Crippen molar-refractivity contribution in [3.05, 3.63) is 58.9 Å². The second kappa shape index (κ2) is 5.37. The summed E-state index contributed by atoms with van der Waals surface area (Å²) in [7, 11) is 0. The minimum absolute atomic E-state index is 0.0698. The molecule has 21 heavy (non-hydrogen) atoms. The van der Waals surface area contributed by atoms with E-state index in [0.29, 0.717) is 11.0 Å². The molecular weight excluding hydrogens is 289 g/mol. The Morgan fingerprint density at radius 3 is 2.67 bits per heavy atom. The average molecular weight is 304 g/mol. The first kappa shape index (κ1) is 13.9. The molecule has 0 saturated carbocycles. The van der Waals surface area contributed by atoms with Gasteiger partial charge in [-0.05, 0) is 43.2 Å². The molecule has 108 valence electrons.